The maximum absolute atomic E-state index is 11.1. The molecule has 144 valence electrons. The first-order chi connectivity index (χ1) is 12.6. The Bertz CT molecular complexity index is 640. The molecule has 3 heterocycles. The van der Waals surface area contributed by atoms with Crippen molar-refractivity contribution in [1.29, 1.82) is 0 Å². The summed E-state index contributed by atoms with van der Waals surface area (Å²) in [5.74, 6) is 2.54. The zero-order chi connectivity index (χ0) is 18.1. The maximum atomic E-state index is 11.1. The summed E-state index contributed by atoms with van der Waals surface area (Å²) in [4.78, 5) is 13.8. The first-order valence-electron chi connectivity index (χ1n) is 10.2. The van der Waals surface area contributed by atoms with Gasteiger partial charge in [0, 0.05) is 31.5 Å². The summed E-state index contributed by atoms with van der Waals surface area (Å²) in [5.41, 5.74) is 0.489. The van der Waals surface area contributed by atoms with Crippen LogP contribution in [-0.2, 0) is 18.4 Å². The van der Waals surface area contributed by atoms with Crippen LogP contribution in [0.15, 0.2) is 0 Å². The van der Waals surface area contributed by atoms with Crippen LogP contribution in [0.1, 0.15) is 69.4 Å². The SMILES string of the molecule is CC(=O)NC1CC(c2nnc(CNCCC34CCCN3CCC4)n2C)C1. The second kappa shape index (κ2) is 7.27. The van der Waals surface area contributed by atoms with E-state index < -0.39 is 0 Å². The van der Waals surface area contributed by atoms with E-state index in [-0.39, 0.29) is 5.91 Å². The lowest BCUT2D eigenvalue weighted by molar-refractivity contribution is -0.120. The second-order valence-corrected chi connectivity index (χ2v) is 8.44. The molecule has 3 fully saturated rings. The van der Waals surface area contributed by atoms with Crippen molar-refractivity contribution in [2.45, 2.75) is 75.9 Å². The van der Waals surface area contributed by atoms with Gasteiger partial charge in [-0.3, -0.25) is 9.69 Å². The van der Waals surface area contributed by atoms with Gasteiger partial charge >= 0.3 is 0 Å². The summed E-state index contributed by atoms with van der Waals surface area (Å²) in [6.07, 6.45) is 8.67. The molecule has 2 saturated heterocycles. The highest BCUT2D eigenvalue weighted by Crippen LogP contribution is 2.41. The smallest absolute Gasteiger partial charge is 0.217 e. The molecule has 2 aliphatic heterocycles. The van der Waals surface area contributed by atoms with Gasteiger partial charge in [-0.05, 0) is 64.6 Å². The fourth-order valence-corrected chi connectivity index (χ4v) is 5.27. The Morgan fingerprint density at radius 1 is 1.23 bits per heavy atom. The van der Waals surface area contributed by atoms with Crippen molar-refractivity contribution < 1.29 is 4.79 Å². The van der Waals surface area contributed by atoms with E-state index in [1.54, 1.807) is 6.92 Å². The number of amides is 1. The molecule has 0 bridgehead atoms. The highest BCUT2D eigenvalue weighted by molar-refractivity contribution is 5.73. The molecule has 7 heteroatoms. The average molecular weight is 361 g/mol. The molecule has 4 rings (SSSR count). The van der Waals surface area contributed by atoms with Gasteiger partial charge in [0.15, 0.2) is 0 Å². The molecule has 1 aromatic rings. The summed E-state index contributed by atoms with van der Waals surface area (Å²) < 4.78 is 2.14. The van der Waals surface area contributed by atoms with Gasteiger partial charge in [-0.1, -0.05) is 0 Å². The van der Waals surface area contributed by atoms with Crippen molar-refractivity contribution in [2.24, 2.45) is 7.05 Å². The van der Waals surface area contributed by atoms with Crippen molar-refractivity contribution in [2.75, 3.05) is 19.6 Å². The second-order valence-electron chi connectivity index (χ2n) is 8.44. The monoisotopic (exact) mass is 360 g/mol. The van der Waals surface area contributed by atoms with Gasteiger partial charge in [-0.15, -0.1) is 10.2 Å². The van der Waals surface area contributed by atoms with Gasteiger partial charge in [0.1, 0.15) is 11.6 Å². The zero-order valence-electron chi connectivity index (χ0n) is 16.1. The van der Waals surface area contributed by atoms with Crippen LogP contribution >= 0.6 is 0 Å². The van der Waals surface area contributed by atoms with Crippen LogP contribution < -0.4 is 10.6 Å². The van der Waals surface area contributed by atoms with Crippen LogP contribution in [0.4, 0.5) is 0 Å². The summed E-state index contributed by atoms with van der Waals surface area (Å²) in [7, 11) is 2.06. The molecule has 26 heavy (non-hydrogen) atoms. The number of nitrogens with one attached hydrogen (secondary N) is 2. The summed E-state index contributed by atoms with van der Waals surface area (Å²) >= 11 is 0. The van der Waals surface area contributed by atoms with Gasteiger partial charge in [-0.2, -0.15) is 0 Å². The standard InChI is InChI=1S/C19H32N6O/c1-14(26)21-16-11-15(12-16)18-23-22-17(24(18)2)13-20-8-7-19-5-3-9-25(19)10-4-6-19/h15-16,20H,3-13H2,1-2H3,(H,21,26). The van der Waals surface area contributed by atoms with Gasteiger partial charge < -0.3 is 15.2 Å². The normalized spacial score (nSPS) is 27.3. The topological polar surface area (TPSA) is 75.1 Å². The van der Waals surface area contributed by atoms with Crippen molar-refractivity contribution in [3.8, 4) is 0 Å². The zero-order valence-corrected chi connectivity index (χ0v) is 16.1. The third-order valence-electron chi connectivity index (χ3n) is 6.77. The molecule has 7 nitrogen and oxygen atoms in total. The van der Waals surface area contributed by atoms with Gasteiger partial charge in [0.05, 0.1) is 6.54 Å². The molecule has 0 aromatic carbocycles. The lowest BCUT2D eigenvalue weighted by Gasteiger charge is -2.34. The molecular formula is C19H32N6O. The number of nitrogens with zero attached hydrogens (tertiary/aromatic N) is 4. The van der Waals surface area contributed by atoms with Crippen LogP contribution in [0.25, 0.3) is 0 Å². The molecule has 1 amide bonds. The first-order valence-corrected chi connectivity index (χ1v) is 10.2. The molecule has 0 unspecified atom stereocenters. The fourth-order valence-electron chi connectivity index (χ4n) is 5.27. The number of fused-ring (bicyclic) bond motifs is 1. The van der Waals surface area contributed by atoms with Crippen molar-refractivity contribution in [3.05, 3.63) is 11.6 Å². The van der Waals surface area contributed by atoms with Crippen molar-refractivity contribution in [3.63, 3.8) is 0 Å². The minimum absolute atomic E-state index is 0.0545. The van der Waals surface area contributed by atoms with E-state index in [4.69, 9.17) is 0 Å². The fraction of sp³-hybridized carbons (Fsp3) is 0.842. The van der Waals surface area contributed by atoms with E-state index in [2.05, 4.69) is 37.3 Å². The number of aromatic nitrogens is 3. The van der Waals surface area contributed by atoms with Gasteiger partial charge in [0.2, 0.25) is 5.91 Å². The van der Waals surface area contributed by atoms with Crippen LogP contribution in [-0.4, -0.2) is 56.8 Å². The van der Waals surface area contributed by atoms with Crippen LogP contribution in [0.2, 0.25) is 0 Å². The molecule has 0 radical (unpaired) electrons. The molecular weight excluding hydrogens is 328 g/mol. The number of hydrogen-bond acceptors (Lipinski definition) is 5. The summed E-state index contributed by atoms with van der Waals surface area (Å²) in [6, 6.07) is 0.302. The lowest BCUT2D eigenvalue weighted by Crippen LogP contribution is -2.43. The molecule has 1 aliphatic carbocycles. The Morgan fingerprint density at radius 3 is 2.65 bits per heavy atom. The molecule has 1 aromatic heterocycles. The number of rotatable bonds is 7. The Morgan fingerprint density at radius 2 is 1.96 bits per heavy atom. The van der Waals surface area contributed by atoms with Gasteiger partial charge in [-0.25, -0.2) is 0 Å². The average Bonchev–Trinajstić information content (AvgIpc) is 3.22. The Kier molecular flexibility index (Phi) is 5.01. The van der Waals surface area contributed by atoms with E-state index in [1.807, 2.05) is 0 Å². The number of carbonyl (C=O) groups is 1. The molecule has 2 N–H and O–H groups in total. The quantitative estimate of drug-likeness (QED) is 0.717. The van der Waals surface area contributed by atoms with E-state index in [1.165, 1.54) is 45.2 Å². The summed E-state index contributed by atoms with van der Waals surface area (Å²) in [5, 5.41) is 15.4. The van der Waals surface area contributed by atoms with E-state index >= 15 is 0 Å². The number of carbonyl (C=O) groups excluding carboxylic acids is 1. The van der Waals surface area contributed by atoms with Gasteiger partial charge in [0.25, 0.3) is 0 Å². The van der Waals surface area contributed by atoms with Crippen LogP contribution in [0.5, 0.6) is 0 Å². The van der Waals surface area contributed by atoms with Crippen molar-refractivity contribution in [1.82, 2.24) is 30.3 Å². The molecule has 0 spiro atoms. The van der Waals surface area contributed by atoms with E-state index in [0.29, 0.717) is 17.5 Å². The third-order valence-corrected chi connectivity index (χ3v) is 6.77. The number of hydrogen-bond donors (Lipinski definition) is 2. The Hall–Kier alpha value is -1.47. The third kappa shape index (κ3) is 3.39. The van der Waals surface area contributed by atoms with E-state index in [0.717, 1.165) is 37.6 Å². The predicted octanol–water partition coefficient (Wildman–Crippen LogP) is 1.31. The van der Waals surface area contributed by atoms with Crippen LogP contribution in [0.3, 0.4) is 0 Å². The highest BCUT2D eigenvalue weighted by Gasteiger charge is 2.43. The molecule has 1 saturated carbocycles. The highest BCUT2D eigenvalue weighted by atomic mass is 16.1. The van der Waals surface area contributed by atoms with E-state index in [9.17, 15) is 4.79 Å². The molecule has 0 atom stereocenters. The maximum Gasteiger partial charge on any atom is 0.217 e. The first kappa shape index (κ1) is 17.9. The predicted molar refractivity (Wildman–Crippen MR) is 99.7 cm³/mol. The van der Waals surface area contributed by atoms with Crippen molar-refractivity contribution >= 4 is 5.91 Å². The largest absolute Gasteiger partial charge is 0.354 e. The Balaban J connectivity index is 1.24. The summed E-state index contributed by atoms with van der Waals surface area (Å²) in [6.45, 7) is 6.00. The van der Waals surface area contributed by atoms with Crippen LogP contribution in [0, 0.1) is 0 Å². The lowest BCUT2D eigenvalue weighted by atomic mass is 9.79. The Labute approximate surface area is 155 Å². The minimum Gasteiger partial charge on any atom is -0.354 e. The minimum atomic E-state index is 0.0545. The molecule has 3 aliphatic rings.